The number of carbonyl (C=O) groups is 2. The zero-order chi connectivity index (χ0) is 19.2. The lowest BCUT2D eigenvalue weighted by molar-refractivity contribution is -0.116. The number of amides is 2. The Kier molecular flexibility index (Phi) is 5.72. The van der Waals surface area contributed by atoms with Crippen LogP contribution in [-0.2, 0) is 11.3 Å². The van der Waals surface area contributed by atoms with Gasteiger partial charge >= 0.3 is 0 Å². The van der Waals surface area contributed by atoms with Crippen LogP contribution in [0.5, 0.6) is 0 Å². The molecule has 0 saturated heterocycles. The van der Waals surface area contributed by atoms with E-state index >= 15 is 0 Å². The summed E-state index contributed by atoms with van der Waals surface area (Å²) in [5.41, 5.74) is 0.625. The van der Waals surface area contributed by atoms with Gasteiger partial charge in [-0.2, -0.15) is 0 Å². The maximum atomic E-state index is 12.5. The van der Waals surface area contributed by atoms with Crippen LogP contribution in [0.2, 0.25) is 0 Å². The maximum Gasteiger partial charge on any atom is 0.253 e. The Morgan fingerprint density at radius 3 is 2.74 bits per heavy atom. The largest absolute Gasteiger partial charge is 0.344 e. The van der Waals surface area contributed by atoms with Crippen molar-refractivity contribution in [2.24, 2.45) is 0 Å². The summed E-state index contributed by atoms with van der Waals surface area (Å²) in [6, 6.07) is 7.84. The van der Waals surface area contributed by atoms with Crippen LogP contribution in [0.15, 0.2) is 59.1 Å². The lowest BCUT2D eigenvalue weighted by Crippen LogP contribution is -2.31. The molecule has 27 heavy (non-hydrogen) atoms. The molecule has 8 nitrogen and oxygen atoms in total. The first-order valence-corrected chi connectivity index (χ1v) is 9.02. The number of nitrogens with one attached hydrogen (secondary N) is 2. The number of pyridine rings is 2. The third-order valence-corrected chi connectivity index (χ3v) is 4.41. The van der Waals surface area contributed by atoms with Gasteiger partial charge in [0.05, 0.1) is 17.3 Å². The monoisotopic (exact) mass is 383 g/mol. The Bertz CT molecular complexity index is 986. The summed E-state index contributed by atoms with van der Waals surface area (Å²) in [7, 11) is 0. The van der Waals surface area contributed by atoms with Crippen LogP contribution < -0.4 is 16.2 Å². The lowest BCUT2D eigenvalue weighted by atomic mass is 10.2. The SMILES string of the molecule is CC(NC(=O)c1ccc(=O)n(CC(=O)Nc2nccs2)c1)c1ccccn1. The fraction of sp³-hybridized carbons (Fsp3) is 0.167. The summed E-state index contributed by atoms with van der Waals surface area (Å²) < 4.78 is 1.18. The number of thiazole rings is 1. The van der Waals surface area contributed by atoms with Gasteiger partial charge in [0.2, 0.25) is 5.91 Å². The van der Waals surface area contributed by atoms with Crippen molar-refractivity contribution in [1.29, 1.82) is 0 Å². The molecule has 3 aromatic rings. The van der Waals surface area contributed by atoms with Crippen molar-refractivity contribution >= 4 is 28.3 Å². The first-order valence-electron chi connectivity index (χ1n) is 8.14. The van der Waals surface area contributed by atoms with Gasteiger partial charge in [0, 0.05) is 30.0 Å². The second kappa shape index (κ2) is 8.37. The van der Waals surface area contributed by atoms with Crippen LogP contribution in [-0.4, -0.2) is 26.3 Å². The van der Waals surface area contributed by atoms with Gasteiger partial charge in [-0.25, -0.2) is 4.98 Å². The molecule has 1 atom stereocenters. The molecule has 2 N–H and O–H groups in total. The first kappa shape index (κ1) is 18.5. The molecule has 1 unspecified atom stereocenters. The summed E-state index contributed by atoms with van der Waals surface area (Å²) >= 11 is 1.28. The van der Waals surface area contributed by atoms with Crippen molar-refractivity contribution in [3.05, 3.63) is 75.9 Å². The lowest BCUT2D eigenvalue weighted by Gasteiger charge is -2.14. The Morgan fingerprint density at radius 2 is 2.04 bits per heavy atom. The van der Waals surface area contributed by atoms with Gasteiger partial charge in [-0.15, -0.1) is 11.3 Å². The average molecular weight is 383 g/mol. The van der Waals surface area contributed by atoms with Crippen LogP contribution in [0, 0.1) is 0 Å². The summed E-state index contributed by atoms with van der Waals surface area (Å²) in [5.74, 6) is -0.756. The van der Waals surface area contributed by atoms with Crippen molar-refractivity contribution in [2.45, 2.75) is 19.5 Å². The van der Waals surface area contributed by atoms with E-state index in [2.05, 4.69) is 20.6 Å². The minimum atomic E-state index is -0.397. The van der Waals surface area contributed by atoms with E-state index in [9.17, 15) is 14.4 Å². The minimum absolute atomic E-state index is 0.213. The molecule has 0 aliphatic carbocycles. The summed E-state index contributed by atoms with van der Waals surface area (Å²) in [5, 5.41) is 7.60. The molecule has 3 rings (SSSR count). The van der Waals surface area contributed by atoms with E-state index in [4.69, 9.17) is 0 Å². The molecule has 0 fully saturated rings. The van der Waals surface area contributed by atoms with E-state index in [0.717, 1.165) is 5.69 Å². The van der Waals surface area contributed by atoms with Crippen LogP contribution in [0.25, 0.3) is 0 Å². The highest BCUT2D eigenvalue weighted by Crippen LogP contribution is 2.11. The van der Waals surface area contributed by atoms with E-state index in [-0.39, 0.29) is 29.6 Å². The normalized spacial score (nSPS) is 11.6. The summed E-state index contributed by atoms with van der Waals surface area (Å²) in [6.45, 7) is 1.60. The topological polar surface area (TPSA) is 106 Å². The Hall–Kier alpha value is -3.33. The maximum absolute atomic E-state index is 12.5. The number of nitrogens with zero attached hydrogens (tertiary/aromatic N) is 3. The molecule has 3 heterocycles. The molecule has 0 bridgehead atoms. The molecular weight excluding hydrogens is 366 g/mol. The molecule has 0 aromatic carbocycles. The predicted molar refractivity (Wildman–Crippen MR) is 102 cm³/mol. The number of aromatic nitrogens is 3. The number of carbonyl (C=O) groups excluding carboxylic acids is 2. The first-order chi connectivity index (χ1) is 13.0. The Labute approximate surface area is 158 Å². The Morgan fingerprint density at radius 1 is 1.19 bits per heavy atom. The number of rotatable bonds is 6. The van der Waals surface area contributed by atoms with Crippen LogP contribution in [0.4, 0.5) is 5.13 Å². The molecule has 138 valence electrons. The van der Waals surface area contributed by atoms with E-state index in [0.29, 0.717) is 5.13 Å². The van der Waals surface area contributed by atoms with Crippen molar-refractivity contribution < 1.29 is 9.59 Å². The molecule has 0 saturated carbocycles. The number of hydrogen-bond donors (Lipinski definition) is 2. The zero-order valence-electron chi connectivity index (χ0n) is 14.5. The number of anilines is 1. The van der Waals surface area contributed by atoms with Gasteiger partial charge in [0.15, 0.2) is 5.13 Å². The van der Waals surface area contributed by atoms with Crippen LogP contribution in [0.1, 0.15) is 29.0 Å². The van der Waals surface area contributed by atoms with Gasteiger partial charge < -0.3 is 15.2 Å². The van der Waals surface area contributed by atoms with E-state index < -0.39 is 5.91 Å². The van der Waals surface area contributed by atoms with E-state index in [1.54, 1.807) is 23.8 Å². The number of hydrogen-bond acceptors (Lipinski definition) is 6. The second-order valence-corrected chi connectivity index (χ2v) is 6.61. The van der Waals surface area contributed by atoms with Crippen molar-refractivity contribution in [3.8, 4) is 0 Å². The standard InChI is InChI=1S/C18H17N5O3S/c1-12(14-4-2-3-7-19-14)21-17(26)13-5-6-16(25)23(10-13)11-15(24)22-18-20-8-9-27-18/h2-10,12H,11H2,1H3,(H,21,26)(H,20,22,24). The minimum Gasteiger partial charge on any atom is -0.344 e. The highest BCUT2D eigenvalue weighted by atomic mass is 32.1. The van der Waals surface area contributed by atoms with Gasteiger partial charge in [-0.05, 0) is 25.1 Å². The second-order valence-electron chi connectivity index (χ2n) is 5.72. The van der Waals surface area contributed by atoms with Gasteiger partial charge in [0.25, 0.3) is 11.5 Å². The van der Waals surface area contributed by atoms with Crippen molar-refractivity contribution in [3.63, 3.8) is 0 Å². The third kappa shape index (κ3) is 4.85. The average Bonchev–Trinajstić information content (AvgIpc) is 3.17. The molecule has 9 heteroatoms. The summed E-state index contributed by atoms with van der Waals surface area (Å²) in [6.07, 6.45) is 4.59. The van der Waals surface area contributed by atoms with Gasteiger partial charge in [0.1, 0.15) is 6.54 Å². The highest BCUT2D eigenvalue weighted by molar-refractivity contribution is 7.13. The molecule has 0 spiro atoms. The van der Waals surface area contributed by atoms with Gasteiger partial charge in [-0.1, -0.05) is 6.07 Å². The van der Waals surface area contributed by atoms with E-state index in [1.165, 1.54) is 34.2 Å². The van der Waals surface area contributed by atoms with Gasteiger partial charge in [-0.3, -0.25) is 19.4 Å². The quantitative estimate of drug-likeness (QED) is 0.675. The predicted octanol–water partition coefficient (Wildman–Crippen LogP) is 1.83. The smallest absolute Gasteiger partial charge is 0.253 e. The molecular formula is C18H17N5O3S. The molecule has 0 aliphatic heterocycles. The molecule has 3 aromatic heterocycles. The third-order valence-electron chi connectivity index (χ3n) is 3.72. The highest BCUT2D eigenvalue weighted by Gasteiger charge is 2.14. The molecule has 0 aliphatic rings. The fourth-order valence-corrected chi connectivity index (χ4v) is 2.92. The zero-order valence-corrected chi connectivity index (χ0v) is 15.3. The summed E-state index contributed by atoms with van der Waals surface area (Å²) in [4.78, 5) is 44.7. The fourth-order valence-electron chi connectivity index (χ4n) is 2.37. The van der Waals surface area contributed by atoms with Crippen LogP contribution in [0.3, 0.4) is 0 Å². The molecule has 0 radical (unpaired) electrons. The van der Waals surface area contributed by atoms with Crippen molar-refractivity contribution in [2.75, 3.05) is 5.32 Å². The van der Waals surface area contributed by atoms with E-state index in [1.807, 2.05) is 19.1 Å². The molecule has 2 amide bonds. The van der Waals surface area contributed by atoms with Crippen molar-refractivity contribution in [1.82, 2.24) is 19.9 Å². The Balaban J connectivity index is 1.69. The van der Waals surface area contributed by atoms with Crippen LogP contribution >= 0.6 is 11.3 Å².